The number of rotatable bonds is 4. The van der Waals surface area contributed by atoms with Crippen LogP contribution in [0.3, 0.4) is 0 Å². The van der Waals surface area contributed by atoms with E-state index in [1.165, 1.54) is 4.88 Å². The summed E-state index contributed by atoms with van der Waals surface area (Å²) in [5.74, 6) is 0.605. The molecule has 2 atom stereocenters. The lowest BCUT2D eigenvalue weighted by molar-refractivity contribution is 0.445. The van der Waals surface area contributed by atoms with Crippen molar-refractivity contribution in [3.8, 4) is 0 Å². The van der Waals surface area contributed by atoms with E-state index in [0.29, 0.717) is 12.0 Å². The molecule has 2 N–H and O–H groups in total. The Bertz CT molecular complexity index is 206. The maximum Gasteiger partial charge on any atom is 0.00653 e. The lowest BCUT2D eigenvalue weighted by atomic mass is 9.96. The van der Waals surface area contributed by atoms with Gasteiger partial charge in [-0.05, 0) is 30.2 Å². The van der Waals surface area contributed by atoms with Crippen LogP contribution in [0.4, 0.5) is 0 Å². The number of hydrogen-bond acceptors (Lipinski definition) is 2. The fourth-order valence-electron chi connectivity index (χ4n) is 1.30. The largest absolute Gasteiger partial charge is 0.327 e. The van der Waals surface area contributed by atoms with Gasteiger partial charge in [0, 0.05) is 10.9 Å². The van der Waals surface area contributed by atoms with Crippen LogP contribution in [0.1, 0.15) is 25.1 Å². The molecule has 0 saturated carbocycles. The minimum Gasteiger partial charge on any atom is -0.327 e. The average molecular weight is 183 g/mol. The molecule has 0 saturated heterocycles. The fraction of sp³-hybridized carbons (Fsp3) is 0.600. The third-order valence-electron chi connectivity index (χ3n) is 2.31. The summed E-state index contributed by atoms with van der Waals surface area (Å²) < 4.78 is 0. The highest BCUT2D eigenvalue weighted by Crippen LogP contribution is 2.16. The zero-order chi connectivity index (χ0) is 8.97. The fourth-order valence-corrected chi connectivity index (χ4v) is 2.15. The van der Waals surface area contributed by atoms with Gasteiger partial charge in [-0.2, -0.15) is 0 Å². The molecule has 68 valence electrons. The zero-order valence-corrected chi connectivity index (χ0v) is 8.60. The maximum absolute atomic E-state index is 5.94. The molecule has 0 spiro atoms. The third kappa shape index (κ3) is 2.61. The van der Waals surface area contributed by atoms with Crippen molar-refractivity contribution in [1.82, 2.24) is 0 Å². The Hall–Kier alpha value is -0.340. The maximum atomic E-state index is 5.94. The molecule has 0 aliphatic carbocycles. The molecule has 1 aromatic rings. The minimum atomic E-state index is 0.354. The Morgan fingerprint density at radius 3 is 2.83 bits per heavy atom. The standard InChI is InChI=1S/C10H17NS/c1-3-10(11)8(2)7-9-5-4-6-12-9/h4-6,8,10H,3,7,11H2,1-2H3. The smallest absolute Gasteiger partial charge is 0.00653 e. The molecule has 2 heteroatoms. The highest BCUT2D eigenvalue weighted by molar-refractivity contribution is 7.09. The summed E-state index contributed by atoms with van der Waals surface area (Å²) in [4.78, 5) is 1.45. The zero-order valence-electron chi connectivity index (χ0n) is 7.79. The predicted molar refractivity (Wildman–Crippen MR) is 55.5 cm³/mol. The van der Waals surface area contributed by atoms with Crippen molar-refractivity contribution in [2.75, 3.05) is 0 Å². The van der Waals surface area contributed by atoms with Gasteiger partial charge in [0.25, 0.3) is 0 Å². The van der Waals surface area contributed by atoms with E-state index in [4.69, 9.17) is 5.73 Å². The summed E-state index contributed by atoms with van der Waals surface area (Å²) in [6.07, 6.45) is 2.21. The van der Waals surface area contributed by atoms with Crippen LogP contribution < -0.4 is 5.73 Å². The first-order valence-corrected chi connectivity index (χ1v) is 5.40. The van der Waals surface area contributed by atoms with E-state index in [2.05, 4.69) is 31.4 Å². The van der Waals surface area contributed by atoms with Gasteiger partial charge in [0.05, 0.1) is 0 Å². The van der Waals surface area contributed by atoms with Crippen LogP contribution >= 0.6 is 11.3 Å². The lowest BCUT2D eigenvalue weighted by Crippen LogP contribution is -2.28. The van der Waals surface area contributed by atoms with Gasteiger partial charge in [0.15, 0.2) is 0 Å². The molecule has 0 fully saturated rings. The summed E-state index contributed by atoms with van der Waals surface area (Å²) in [6.45, 7) is 4.38. The van der Waals surface area contributed by atoms with Gasteiger partial charge in [0.2, 0.25) is 0 Å². The second-order valence-electron chi connectivity index (χ2n) is 3.33. The molecule has 0 aromatic carbocycles. The van der Waals surface area contributed by atoms with E-state index < -0.39 is 0 Å². The van der Waals surface area contributed by atoms with Crippen molar-refractivity contribution < 1.29 is 0 Å². The van der Waals surface area contributed by atoms with Crippen molar-refractivity contribution in [2.24, 2.45) is 11.7 Å². The van der Waals surface area contributed by atoms with E-state index >= 15 is 0 Å². The van der Waals surface area contributed by atoms with Crippen LogP contribution in [0.15, 0.2) is 17.5 Å². The van der Waals surface area contributed by atoms with Crippen LogP contribution in [-0.2, 0) is 6.42 Å². The number of nitrogens with two attached hydrogens (primary N) is 1. The monoisotopic (exact) mass is 183 g/mol. The summed E-state index contributed by atoms with van der Waals surface area (Å²) >= 11 is 1.82. The second kappa shape index (κ2) is 4.63. The minimum absolute atomic E-state index is 0.354. The Balaban J connectivity index is 2.41. The quantitative estimate of drug-likeness (QED) is 0.763. The van der Waals surface area contributed by atoms with E-state index in [1.54, 1.807) is 0 Å². The van der Waals surface area contributed by atoms with E-state index in [-0.39, 0.29) is 0 Å². The van der Waals surface area contributed by atoms with Crippen molar-refractivity contribution in [2.45, 2.75) is 32.7 Å². The molecule has 12 heavy (non-hydrogen) atoms. The Morgan fingerprint density at radius 1 is 1.58 bits per heavy atom. The normalized spacial score (nSPS) is 15.9. The lowest BCUT2D eigenvalue weighted by Gasteiger charge is -2.16. The topological polar surface area (TPSA) is 26.0 Å². The summed E-state index contributed by atoms with van der Waals surface area (Å²) in [6, 6.07) is 4.64. The molecule has 1 aromatic heterocycles. The molecule has 1 rings (SSSR count). The van der Waals surface area contributed by atoms with Crippen LogP contribution in [0.5, 0.6) is 0 Å². The summed E-state index contributed by atoms with van der Waals surface area (Å²) in [7, 11) is 0. The SMILES string of the molecule is CCC(N)C(C)Cc1cccs1. The molecule has 1 nitrogen and oxygen atoms in total. The Kier molecular flexibility index (Phi) is 3.76. The van der Waals surface area contributed by atoms with Gasteiger partial charge in [-0.1, -0.05) is 19.9 Å². The van der Waals surface area contributed by atoms with Crippen LogP contribution in [0, 0.1) is 5.92 Å². The second-order valence-corrected chi connectivity index (χ2v) is 4.37. The molecule has 1 heterocycles. The molecular formula is C10H17NS. The highest BCUT2D eigenvalue weighted by atomic mass is 32.1. The first kappa shape index (κ1) is 9.75. The van der Waals surface area contributed by atoms with Crippen LogP contribution in [0.25, 0.3) is 0 Å². The molecule has 0 aliphatic rings. The summed E-state index contributed by atoms with van der Waals surface area (Å²) in [5, 5.41) is 2.12. The molecule has 2 unspecified atom stereocenters. The van der Waals surface area contributed by atoms with Crippen molar-refractivity contribution >= 4 is 11.3 Å². The first-order valence-electron chi connectivity index (χ1n) is 4.52. The van der Waals surface area contributed by atoms with Gasteiger partial charge < -0.3 is 5.73 Å². The van der Waals surface area contributed by atoms with Gasteiger partial charge in [0.1, 0.15) is 0 Å². The Morgan fingerprint density at radius 2 is 2.33 bits per heavy atom. The van der Waals surface area contributed by atoms with Crippen molar-refractivity contribution in [3.05, 3.63) is 22.4 Å². The number of thiophene rings is 1. The van der Waals surface area contributed by atoms with E-state index in [0.717, 1.165) is 12.8 Å². The van der Waals surface area contributed by atoms with Gasteiger partial charge in [-0.3, -0.25) is 0 Å². The van der Waals surface area contributed by atoms with E-state index in [9.17, 15) is 0 Å². The van der Waals surface area contributed by atoms with Gasteiger partial charge in [-0.15, -0.1) is 11.3 Å². The van der Waals surface area contributed by atoms with E-state index in [1.807, 2.05) is 11.3 Å². The molecule has 0 amide bonds. The van der Waals surface area contributed by atoms with Gasteiger partial charge >= 0.3 is 0 Å². The highest BCUT2D eigenvalue weighted by Gasteiger charge is 2.11. The predicted octanol–water partition coefficient (Wildman–Crippen LogP) is 2.66. The third-order valence-corrected chi connectivity index (χ3v) is 3.20. The van der Waals surface area contributed by atoms with Crippen molar-refractivity contribution in [3.63, 3.8) is 0 Å². The molecule has 0 radical (unpaired) electrons. The number of hydrogen-bond donors (Lipinski definition) is 1. The van der Waals surface area contributed by atoms with Crippen LogP contribution in [0.2, 0.25) is 0 Å². The summed E-state index contributed by atoms with van der Waals surface area (Å²) in [5.41, 5.74) is 5.94. The Labute approximate surface area is 78.6 Å². The van der Waals surface area contributed by atoms with Crippen LogP contribution in [-0.4, -0.2) is 6.04 Å². The van der Waals surface area contributed by atoms with Crippen molar-refractivity contribution in [1.29, 1.82) is 0 Å². The first-order chi connectivity index (χ1) is 5.74. The molecule has 0 aliphatic heterocycles. The average Bonchev–Trinajstić information content (AvgIpc) is 2.55. The molecular weight excluding hydrogens is 166 g/mol. The van der Waals surface area contributed by atoms with Gasteiger partial charge in [-0.25, -0.2) is 0 Å². The molecule has 0 bridgehead atoms.